The maximum atomic E-state index is 12.3. The van der Waals surface area contributed by atoms with Gasteiger partial charge in [0.1, 0.15) is 0 Å². The number of nitrogens with one attached hydrogen (secondary N) is 1. The van der Waals surface area contributed by atoms with Gasteiger partial charge < -0.3 is 15.1 Å². The van der Waals surface area contributed by atoms with Crippen LogP contribution in [0.3, 0.4) is 0 Å². The van der Waals surface area contributed by atoms with Crippen molar-refractivity contribution in [3.05, 3.63) is 65.2 Å². The number of hydrogen-bond donors (Lipinski definition) is 1. The van der Waals surface area contributed by atoms with E-state index in [1.807, 2.05) is 47.4 Å². The number of amides is 2. The van der Waals surface area contributed by atoms with Gasteiger partial charge in [0, 0.05) is 43.4 Å². The minimum atomic E-state index is 0.0183. The van der Waals surface area contributed by atoms with E-state index in [2.05, 4.69) is 22.3 Å². The summed E-state index contributed by atoms with van der Waals surface area (Å²) >= 11 is 5.97. The van der Waals surface area contributed by atoms with E-state index < -0.39 is 0 Å². The normalized spacial score (nSPS) is 14.5. The fourth-order valence-corrected chi connectivity index (χ4v) is 3.14. The Kier molecular flexibility index (Phi) is 5.59. The molecule has 0 unspecified atom stereocenters. The highest BCUT2D eigenvalue weighted by molar-refractivity contribution is 6.30. The van der Waals surface area contributed by atoms with Gasteiger partial charge in [-0.05, 0) is 36.2 Å². The van der Waals surface area contributed by atoms with Crippen LogP contribution in [0.1, 0.15) is 5.56 Å². The van der Waals surface area contributed by atoms with Gasteiger partial charge in [-0.3, -0.25) is 0 Å². The lowest BCUT2D eigenvalue weighted by molar-refractivity contribution is 0.194. The van der Waals surface area contributed by atoms with Crippen molar-refractivity contribution < 1.29 is 4.79 Å². The number of urea groups is 1. The molecule has 2 amide bonds. The number of rotatable bonds is 4. The molecular weight excluding hydrogens is 322 g/mol. The predicted octanol–water partition coefficient (Wildman–Crippen LogP) is 3.41. The molecule has 1 heterocycles. The quantitative estimate of drug-likeness (QED) is 0.923. The minimum Gasteiger partial charge on any atom is -0.368 e. The van der Waals surface area contributed by atoms with Crippen molar-refractivity contribution in [1.29, 1.82) is 0 Å². The van der Waals surface area contributed by atoms with Gasteiger partial charge in [0.15, 0.2) is 0 Å². The summed E-state index contributed by atoms with van der Waals surface area (Å²) in [5, 5.41) is 3.73. The fraction of sp³-hybridized carbons (Fsp3) is 0.316. The second-order valence-electron chi connectivity index (χ2n) is 5.92. The van der Waals surface area contributed by atoms with Gasteiger partial charge >= 0.3 is 6.03 Å². The number of nitrogens with zero attached hydrogens (tertiary/aromatic N) is 2. The molecule has 0 spiro atoms. The molecule has 2 aromatic carbocycles. The number of carbonyl (C=O) groups is 1. The van der Waals surface area contributed by atoms with E-state index in [-0.39, 0.29) is 6.03 Å². The smallest absolute Gasteiger partial charge is 0.317 e. The van der Waals surface area contributed by atoms with Gasteiger partial charge in [0.2, 0.25) is 0 Å². The van der Waals surface area contributed by atoms with Crippen LogP contribution in [0.5, 0.6) is 0 Å². The predicted molar refractivity (Wildman–Crippen MR) is 98.8 cm³/mol. The Bertz CT molecular complexity index is 669. The zero-order valence-corrected chi connectivity index (χ0v) is 14.4. The summed E-state index contributed by atoms with van der Waals surface area (Å²) in [5.41, 5.74) is 2.36. The molecule has 1 N–H and O–H groups in total. The number of carbonyl (C=O) groups excluding carboxylic acids is 1. The third-order valence-electron chi connectivity index (χ3n) is 4.27. The van der Waals surface area contributed by atoms with Crippen LogP contribution in [0.25, 0.3) is 0 Å². The number of benzene rings is 2. The van der Waals surface area contributed by atoms with Crippen LogP contribution in [0.2, 0.25) is 5.02 Å². The molecule has 0 aliphatic carbocycles. The summed E-state index contributed by atoms with van der Waals surface area (Å²) in [6.45, 7) is 3.85. The molecule has 3 rings (SSSR count). The molecular formula is C19H22ClN3O. The average molecular weight is 344 g/mol. The Morgan fingerprint density at radius 3 is 2.46 bits per heavy atom. The number of halogens is 1. The summed E-state index contributed by atoms with van der Waals surface area (Å²) in [6, 6.07) is 18.1. The van der Waals surface area contributed by atoms with Crippen molar-refractivity contribution in [2.75, 3.05) is 37.6 Å². The summed E-state index contributed by atoms with van der Waals surface area (Å²) in [4.78, 5) is 16.5. The van der Waals surface area contributed by atoms with Crippen molar-refractivity contribution in [1.82, 2.24) is 10.2 Å². The third kappa shape index (κ3) is 4.42. The Balaban J connectivity index is 1.42. The van der Waals surface area contributed by atoms with Gasteiger partial charge in [-0.25, -0.2) is 4.79 Å². The van der Waals surface area contributed by atoms with Crippen LogP contribution < -0.4 is 10.2 Å². The van der Waals surface area contributed by atoms with Crippen LogP contribution in [0.15, 0.2) is 54.6 Å². The molecule has 24 heavy (non-hydrogen) atoms. The van der Waals surface area contributed by atoms with Crippen molar-refractivity contribution in [3.63, 3.8) is 0 Å². The topological polar surface area (TPSA) is 35.6 Å². The maximum absolute atomic E-state index is 12.3. The molecule has 2 aromatic rings. The van der Waals surface area contributed by atoms with E-state index in [9.17, 15) is 4.79 Å². The van der Waals surface area contributed by atoms with Crippen molar-refractivity contribution in [3.8, 4) is 0 Å². The molecule has 1 fully saturated rings. The van der Waals surface area contributed by atoms with Crippen molar-refractivity contribution in [2.45, 2.75) is 6.42 Å². The van der Waals surface area contributed by atoms with Gasteiger partial charge in [-0.15, -0.1) is 0 Å². The molecule has 0 bridgehead atoms. The molecule has 1 saturated heterocycles. The molecule has 0 radical (unpaired) electrons. The first-order chi connectivity index (χ1) is 11.7. The molecule has 0 aromatic heterocycles. The van der Waals surface area contributed by atoms with E-state index in [4.69, 9.17) is 11.6 Å². The second kappa shape index (κ2) is 8.06. The number of piperazine rings is 1. The lowest BCUT2D eigenvalue weighted by Gasteiger charge is -2.36. The van der Waals surface area contributed by atoms with Gasteiger partial charge in [0.05, 0.1) is 0 Å². The van der Waals surface area contributed by atoms with Crippen LogP contribution in [0, 0.1) is 0 Å². The van der Waals surface area contributed by atoms with Crippen LogP contribution in [-0.4, -0.2) is 43.7 Å². The van der Waals surface area contributed by atoms with Crippen molar-refractivity contribution in [2.24, 2.45) is 0 Å². The van der Waals surface area contributed by atoms with E-state index in [0.717, 1.165) is 43.2 Å². The fourth-order valence-electron chi connectivity index (χ4n) is 2.92. The van der Waals surface area contributed by atoms with Gasteiger partial charge in [-0.2, -0.15) is 0 Å². The lowest BCUT2D eigenvalue weighted by Crippen LogP contribution is -2.52. The third-order valence-corrected chi connectivity index (χ3v) is 4.50. The average Bonchev–Trinajstić information content (AvgIpc) is 2.63. The molecule has 1 aliphatic heterocycles. The zero-order chi connectivity index (χ0) is 16.8. The Morgan fingerprint density at radius 2 is 1.75 bits per heavy atom. The largest absolute Gasteiger partial charge is 0.368 e. The van der Waals surface area contributed by atoms with E-state index in [1.54, 1.807) is 0 Å². The number of anilines is 1. The van der Waals surface area contributed by atoms with E-state index in [0.29, 0.717) is 6.54 Å². The first-order valence-electron chi connectivity index (χ1n) is 8.29. The molecule has 1 aliphatic rings. The van der Waals surface area contributed by atoms with E-state index in [1.165, 1.54) is 5.69 Å². The van der Waals surface area contributed by atoms with Crippen LogP contribution in [-0.2, 0) is 6.42 Å². The van der Waals surface area contributed by atoms with Gasteiger partial charge in [-0.1, -0.05) is 41.9 Å². The number of para-hydroxylation sites is 1. The first kappa shape index (κ1) is 16.7. The molecule has 4 nitrogen and oxygen atoms in total. The molecule has 0 saturated carbocycles. The summed E-state index contributed by atoms with van der Waals surface area (Å²) in [6.07, 6.45) is 0.788. The Labute approximate surface area is 148 Å². The van der Waals surface area contributed by atoms with Gasteiger partial charge in [0.25, 0.3) is 0 Å². The first-order valence-corrected chi connectivity index (χ1v) is 8.67. The summed E-state index contributed by atoms with van der Waals surface area (Å²) in [5.74, 6) is 0. The highest BCUT2D eigenvalue weighted by Gasteiger charge is 2.20. The highest BCUT2D eigenvalue weighted by atomic mass is 35.5. The van der Waals surface area contributed by atoms with Crippen LogP contribution >= 0.6 is 11.6 Å². The van der Waals surface area contributed by atoms with Crippen LogP contribution in [0.4, 0.5) is 10.5 Å². The van der Waals surface area contributed by atoms with Crippen molar-refractivity contribution >= 4 is 23.3 Å². The molecule has 0 atom stereocenters. The lowest BCUT2D eigenvalue weighted by atomic mass is 10.1. The Morgan fingerprint density at radius 1 is 1.00 bits per heavy atom. The summed E-state index contributed by atoms with van der Waals surface area (Å²) in [7, 11) is 0. The highest BCUT2D eigenvalue weighted by Crippen LogP contribution is 2.15. The minimum absolute atomic E-state index is 0.0183. The second-order valence-corrected chi connectivity index (χ2v) is 6.36. The van der Waals surface area contributed by atoms with E-state index >= 15 is 0 Å². The SMILES string of the molecule is O=C(NCCc1cccc(Cl)c1)N1CCN(c2ccccc2)CC1. The molecule has 5 heteroatoms. The monoisotopic (exact) mass is 343 g/mol. The standard InChI is InChI=1S/C19H22ClN3O/c20-17-6-4-5-16(15-17)9-10-21-19(24)23-13-11-22(12-14-23)18-7-2-1-3-8-18/h1-8,15H,9-14H2,(H,21,24). The number of hydrogen-bond acceptors (Lipinski definition) is 2. The summed E-state index contributed by atoms with van der Waals surface area (Å²) < 4.78 is 0. The molecule has 126 valence electrons. The Hall–Kier alpha value is -2.20. The maximum Gasteiger partial charge on any atom is 0.317 e. The zero-order valence-electron chi connectivity index (χ0n) is 13.6.